The maximum Gasteiger partial charge on any atom is 0.220 e. The minimum Gasteiger partial charge on any atom is -0.394 e. The molecule has 0 bridgehead atoms. The van der Waals surface area contributed by atoms with Crippen molar-refractivity contribution in [3.63, 3.8) is 0 Å². The van der Waals surface area contributed by atoms with E-state index in [1.54, 1.807) is 0 Å². The predicted molar refractivity (Wildman–Crippen MR) is 216 cm³/mol. The predicted octanol–water partition coefficient (Wildman–Crippen LogP) is 12.3. The maximum absolute atomic E-state index is 12.3. The first-order valence-electron chi connectivity index (χ1n) is 19.9. The largest absolute Gasteiger partial charge is 0.394 e. The number of nitrogens with one attached hydrogen (secondary N) is 1. The van der Waals surface area contributed by atoms with Gasteiger partial charge in [-0.3, -0.25) is 4.79 Å². The molecule has 0 spiro atoms. The highest BCUT2D eigenvalue weighted by Gasteiger charge is 2.19. The lowest BCUT2D eigenvalue weighted by molar-refractivity contribution is -0.123. The van der Waals surface area contributed by atoms with Gasteiger partial charge < -0.3 is 15.5 Å². The highest BCUT2D eigenvalue weighted by atomic mass is 16.3. The van der Waals surface area contributed by atoms with Crippen LogP contribution < -0.4 is 5.32 Å². The number of carbonyl (C=O) groups is 1. The van der Waals surface area contributed by atoms with Crippen LogP contribution in [0.25, 0.3) is 0 Å². The second-order valence-corrected chi connectivity index (χ2v) is 13.0. The van der Waals surface area contributed by atoms with Gasteiger partial charge in [0.2, 0.25) is 5.91 Å². The van der Waals surface area contributed by atoms with E-state index >= 15 is 0 Å². The zero-order valence-corrected chi connectivity index (χ0v) is 31.7. The third-order valence-electron chi connectivity index (χ3n) is 8.36. The summed E-state index contributed by atoms with van der Waals surface area (Å²) >= 11 is 0. The summed E-state index contributed by atoms with van der Waals surface area (Å²) in [5, 5.41) is 22.8. The Morgan fingerprint density at radius 3 is 1.35 bits per heavy atom. The highest BCUT2D eigenvalue weighted by Crippen LogP contribution is 2.12. The molecule has 1 amide bonds. The molecule has 0 aromatic rings. The maximum atomic E-state index is 12.3. The van der Waals surface area contributed by atoms with Gasteiger partial charge >= 0.3 is 0 Å². The number of aliphatic hydroxyl groups is 2. The number of aliphatic hydroxyl groups excluding tert-OH is 2. The summed E-state index contributed by atoms with van der Waals surface area (Å²) in [5.74, 6) is -0.0578. The van der Waals surface area contributed by atoms with Gasteiger partial charge in [0.05, 0.1) is 18.8 Å². The van der Waals surface area contributed by atoms with Crippen molar-refractivity contribution in [3.8, 4) is 0 Å². The third-order valence-corrected chi connectivity index (χ3v) is 8.36. The smallest absolute Gasteiger partial charge is 0.220 e. The van der Waals surface area contributed by atoms with E-state index in [4.69, 9.17) is 0 Å². The van der Waals surface area contributed by atoms with Gasteiger partial charge in [-0.05, 0) is 77.0 Å². The van der Waals surface area contributed by atoms with Crippen LogP contribution in [0.2, 0.25) is 0 Å². The van der Waals surface area contributed by atoms with Crippen molar-refractivity contribution >= 4 is 5.91 Å². The molecule has 2 atom stereocenters. The van der Waals surface area contributed by atoms with Crippen molar-refractivity contribution in [2.75, 3.05) is 6.61 Å². The second-order valence-electron chi connectivity index (χ2n) is 13.0. The first-order valence-corrected chi connectivity index (χ1v) is 19.9. The number of allylic oxidation sites excluding steroid dienone is 16. The van der Waals surface area contributed by atoms with E-state index in [2.05, 4.69) is 116 Å². The van der Waals surface area contributed by atoms with Crippen LogP contribution in [0.4, 0.5) is 0 Å². The van der Waals surface area contributed by atoms with E-state index in [0.717, 1.165) is 89.9 Å². The molecule has 4 nitrogen and oxygen atoms in total. The standard InChI is InChI=1S/C45H75NO3/c1-3-5-7-9-11-12-13-14-15-16-17-18-19-20-21-22-23-24-25-26-27-28-29-30-31-32-33-34-35-37-39-41-45(49)46-43(42-47)44(48)40-38-36-10-8-6-4-2/h5,7,11-12,14-15,17-18,20-21,23-24,26-27,29-30,43-44,47-48H,3-4,6,8-10,13,16,19,22,25,28,31-42H2,1-2H3,(H,46,49)/b7-5-,12-11-,15-14-,18-17-,21-20-,24-23-,27-26-,30-29-. The quantitative estimate of drug-likeness (QED) is 0.0469. The fraction of sp³-hybridized carbons (Fsp3) is 0.622. The van der Waals surface area contributed by atoms with Gasteiger partial charge in [0.1, 0.15) is 0 Å². The van der Waals surface area contributed by atoms with E-state index in [0.29, 0.717) is 12.8 Å². The SMILES string of the molecule is CC/C=C\C/C=C\C/C=C\C/C=C\C/C=C\C/C=C\C/C=C\C/C=C\CCCCCCCCC(=O)NC(CO)C(O)CCCCCCCC. The van der Waals surface area contributed by atoms with E-state index < -0.39 is 12.1 Å². The minimum absolute atomic E-state index is 0.0578. The van der Waals surface area contributed by atoms with Crippen LogP contribution in [-0.2, 0) is 4.79 Å². The average Bonchev–Trinajstić information content (AvgIpc) is 3.10. The Kier molecular flexibility index (Phi) is 37.6. The summed E-state index contributed by atoms with van der Waals surface area (Å²) in [6.07, 6.45) is 59.2. The molecule has 2 unspecified atom stereocenters. The van der Waals surface area contributed by atoms with Gasteiger partial charge in [0.15, 0.2) is 0 Å². The molecule has 0 heterocycles. The van der Waals surface area contributed by atoms with Crippen LogP contribution in [0, 0.1) is 0 Å². The molecule has 49 heavy (non-hydrogen) atoms. The molecule has 0 rings (SSSR count). The van der Waals surface area contributed by atoms with Crippen molar-refractivity contribution in [2.45, 2.75) is 174 Å². The average molecular weight is 678 g/mol. The van der Waals surface area contributed by atoms with Gasteiger partial charge in [0, 0.05) is 6.42 Å². The first-order chi connectivity index (χ1) is 24.2. The second kappa shape index (κ2) is 39.7. The van der Waals surface area contributed by atoms with E-state index in [1.807, 2.05) is 0 Å². The molecule has 0 aromatic carbocycles. The number of hydrogen-bond donors (Lipinski definition) is 3. The number of unbranched alkanes of at least 4 members (excludes halogenated alkanes) is 11. The molecule has 0 aliphatic carbocycles. The summed E-state index contributed by atoms with van der Waals surface area (Å²) in [5.41, 5.74) is 0. The van der Waals surface area contributed by atoms with Gasteiger partial charge in [-0.2, -0.15) is 0 Å². The van der Waals surface area contributed by atoms with Crippen molar-refractivity contribution in [2.24, 2.45) is 0 Å². The Balaban J connectivity index is 3.64. The summed E-state index contributed by atoms with van der Waals surface area (Å²) in [7, 11) is 0. The number of amides is 1. The van der Waals surface area contributed by atoms with E-state index in [1.165, 1.54) is 44.9 Å². The summed E-state index contributed by atoms with van der Waals surface area (Å²) < 4.78 is 0. The molecular weight excluding hydrogens is 602 g/mol. The van der Waals surface area contributed by atoms with Crippen LogP contribution in [0.1, 0.15) is 162 Å². The first kappa shape index (κ1) is 46.3. The summed E-state index contributed by atoms with van der Waals surface area (Å²) in [6, 6.07) is -0.547. The summed E-state index contributed by atoms with van der Waals surface area (Å²) in [6.45, 7) is 4.15. The zero-order chi connectivity index (χ0) is 35.7. The Morgan fingerprint density at radius 1 is 0.510 bits per heavy atom. The van der Waals surface area contributed by atoms with Crippen LogP contribution in [0.15, 0.2) is 97.2 Å². The summed E-state index contributed by atoms with van der Waals surface area (Å²) in [4.78, 5) is 12.3. The normalized spacial score (nSPS) is 14.1. The van der Waals surface area contributed by atoms with Gasteiger partial charge in [-0.1, -0.05) is 175 Å². The molecule has 0 aliphatic rings. The monoisotopic (exact) mass is 678 g/mol. The number of hydrogen-bond acceptors (Lipinski definition) is 3. The molecule has 3 N–H and O–H groups in total. The fourth-order valence-corrected chi connectivity index (χ4v) is 5.31. The zero-order valence-electron chi connectivity index (χ0n) is 31.7. The molecule has 278 valence electrons. The molecule has 0 radical (unpaired) electrons. The van der Waals surface area contributed by atoms with Crippen LogP contribution in [0.5, 0.6) is 0 Å². The number of carbonyl (C=O) groups excluding carboxylic acids is 1. The fourth-order valence-electron chi connectivity index (χ4n) is 5.31. The van der Waals surface area contributed by atoms with E-state index in [9.17, 15) is 15.0 Å². The lowest BCUT2D eigenvalue weighted by Gasteiger charge is -2.22. The Bertz CT molecular complexity index is 952. The Labute approximate surface area is 303 Å². The molecule has 0 aliphatic heterocycles. The van der Waals surface area contributed by atoms with Crippen molar-refractivity contribution in [1.29, 1.82) is 0 Å². The van der Waals surface area contributed by atoms with Gasteiger partial charge in [0.25, 0.3) is 0 Å². The lowest BCUT2D eigenvalue weighted by Crippen LogP contribution is -2.45. The molecule has 0 fully saturated rings. The van der Waals surface area contributed by atoms with Gasteiger partial charge in [-0.25, -0.2) is 0 Å². The van der Waals surface area contributed by atoms with Crippen LogP contribution in [0.3, 0.4) is 0 Å². The van der Waals surface area contributed by atoms with E-state index in [-0.39, 0.29) is 12.5 Å². The lowest BCUT2D eigenvalue weighted by atomic mass is 10.0. The van der Waals surface area contributed by atoms with Crippen molar-refractivity contribution in [1.82, 2.24) is 5.32 Å². The van der Waals surface area contributed by atoms with Crippen molar-refractivity contribution in [3.05, 3.63) is 97.2 Å². The number of rotatable bonds is 34. The third kappa shape index (κ3) is 36.4. The topological polar surface area (TPSA) is 69.6 Å². The molecule has 0 aromatic heterocycles. The highest BCUT2D eigenvalue weighted by molar-refractivity contribution is 5.76. The van der Waals surface area contributed by atoms with Gasteiger partial charge in [-0.15, -0.1) is 0 Å². The van der Waals surface area contributed by atoms with Crippen LogP contribution in [-0.4, -0.2) is 34.9 Å². The minimum atomic E-state index is -0.668. The molecule has 0 saturated carbocycles. The molecular formula is C45H75NO3. The van der Waals surface area contributed by atoms with Crippen LogP contribution >= 0.6 is 0 Å². The Hall–Kier alpha value is -2.69. The molecule has 0 saturated heterocycles. The van der Waals surface area contributed by atoms with Crippen molar-refractivity contribution < 1.29 is 15.0 Å². The Morgan fingerprint density at radius 2 is 0.898 bits per heavy atom. The molecule has 4 heteroatoms.